The lowest BCUT2D eigenvalue weighted by molar-refractivity contribution is 0.522. The zero-order chi connectivity index (χ0) is 13.9. The maximum Gasteiger partial charge on any atom is 0.241 e. The lowest BCUT2D eigenvalue weighted by Crippen LogP contribution is -2.47. The second kappa shape index (κ2) is 5.49. The molecular formula is C12H19N3O2S. The maximum atomic E-state index is 12.2. The van der Waals surface area contributed by atoms with Crippen LogP contribution in [-0.2, 0) is 10.0 Å². The van der Waals surface area contributed by atoms with Crippen LogP contribution in [0.3, 0.4) is 0 Å². The summed E-state index contributed by atoms with van der Waals surface area (Å²) >= 11 is 0. The van der Waals surface area contributed by atoms with Crippen molar-refractivity contribution in [2.24, 2.45) is 11.7 Å². The van der Waals surface area contributed by atoms with Crippen molar-refractivity contribution in [1.29, 1.82) is 5.41 Å². The molecular weight excluding hydrogens is 250 g/mol. The van der Waals surface area contributed by atoms with Gasteiger partial charge < -0.3 is 5.73 Å². The van der Waals surface area contributed by atoms with Gasteiger partial charge in [0.15, 0.2) is 0 Å². The molecule has 0 amide bonds. The van der Waals surface area contributed by atoms with Crippen LogP contribution in [0.4, 0.5) is 0 Å². The Morgan fingerprint density at radius 2 is 1.89 bits per heavy atom. The van der Waals surface area contributed by atoms with E-state index in [1.54, 1.807) is 25.1 Å². The molecule has 4 N–H and O–H groups in total. The van der Waals surface area contributed by atoms with Crippen molar-refractivity contribution in [3.8, 4) is 0 Å². The SMILES string of the molecule is Cc1ccccc1S(=O)(=O)NC(C(=N)N)C(C)C. The van der Waals surface area contributed by atoms with E-state index in [0.29, 0.717) is 5.56 Å². The van der Waals surface area contributed by atoms with Crippen LogP contribution < -0.4 is 10.5 Å². The summed E-state index contributed by atoms with van der Waals surface area (Å²) in [6, 6.07) is 6.02. The largest absolute Gasteiger partial charge is 0.386 e. The Bertz CT molecular complexity index is 538. The molecule has 1 unspecified atom stereocenters. The van der Waals surface area contributed by atoms with Crippen LogP contribution in [0.2, 0.25) is 0 Å². The van der Waals surface area contributed by atoms with E-state index in [2.05, 4.69) is 4.72 Å². The van der Waals surface area contributed by atoms with Crippen molar-refractivity contribution in [2.75, 3.05) is 0 Å². The Kier molecular flexibility index (Phi) is 4.48. The van der Waals surface area contributed by atoms with Crippen molar-refractivity contribution in [1.82, 2.24) is 4.72 Å². The van der Waals surface area contributed by atoms with Crippen LogP contribution in [-0.4, -0.2) is 20.3 Å². The first-order chi connectivity index (χ1) is 8.25. The molecule has 0 bridgehead atoms. The van der Waals surface area contributed by atoms with Gasteiger partial charge in [0.05, 0.1) is 10.9 Å². The topological polar surface area (TPSA) is 96.0 Å². The molecule has 5 nitrogen and oxygen atoms in total. The quantitative estimate of drug-likeness (QED) is 0.554. The molecule has 0 saturated carbocycles. The third kappa shape index (κ3) is 3.30. The standard InChI is InChI=1S/C12H19N3O2S/c1-8(2)11(12(13)14)15-18(16,17)10-7-5-4-6-9(10)3/h4-8,11,15H,1-3H3,(H3,13,14). The molecule has 0 aliphatic heterocycles. The molecule has 0 fully saturated rings. The van der Waals surface area contributed by atoms with Gasteiger partial charge >= 0.3 is 0 Å². The number of nitrogens with two attached hydrogens (primary N) is 1. The fourth-order valence-corrected chi connectivity index (χ4v) is 3.26. The number of benzene rings is 1. The Balaban J connectivity index is 3.09. The van der Waals surface area contributed by atoms with Gasteiger partial charge in [0, 0.05) is 0 Å². The molecule has 0 radical (unpaired) electrons. The normalized spacial score (nSPS) is 13.6. The first-order valence-corrected chi connectivity index (χ1v) is 7.16. The van der Waals surface area contributed by atoms with Crippen molar-refractivity contribution >= 4 is 15.9 Å². The lowest BCUT2D eigenvalue weighted by Gasteiger charge is -2.21. The van der Waals surface area contributed by atoms with Crippen molar-refractivity contribution in [3.63, 3.8) is 0 Å². The van der Waals surface area contributed by atoms with E-state index >= 15 is 0 Å². The number of amidine groups is 1. The second-order valence-electron chi connectivity index (χ2n) is 4.56. The molecule has 1 aromatic rings. The highest BCUT2D eigenvalue weighted by molar-refractivity contribution is 7.89. The number of hydrogen-bond acceptors (Lipinski definition) is 3. The van der Waals surface area contributed by atoms with Crippen molar-refractivity contribution in [2.45, 2.75) is 31.7 Å². The van der Waals surface area contributed by atoms with Gasteiger partial charge in [-0.15, -0.1) is 0 Å². The summed E-state index contributed by atoms with van der Waals surface area (Å²) in [5, 5.41) is 7.43. The highest BCUT2D eigenvalue weighted by atomic mass is 32.2. The van der Waals surface area contributed by atoms with Gasteiger partial charge in [0.1, 0.15) is 5.84 Å². The third-order valence-electron chi connectivity index (χ3n) is 2.67. The Hall–Kier alpha value is -1.40. The number of hydrogen-bond donors (Lipinski definition) is 3. The van der Waals surface area contributed by atoms with Crippen LogP contribution in [0.15, 0.2) is 29.2 Å². The monoisotopic (exact) mass is 269 g/mol. The zero-order valence-electron chi connectivity index (χ0n) is 10.8. The van der Waals surface area contributed by atoms with E-state index < -0.39 is 16.1 Å². The Morgan fingerprint density at radius 1 is 1.33 bits per heavy atom. The fourth-order valence-electron chi connectivity index (χ4n) is 1.65. The van der Waals surface area contributed by atoms with Crippen LogP contribution in [0.5, 0.6) is 0 Å². The van der Waals surface area contributed by atoms with Gasteiger partial charge in [0.2, 0.25) is 10.0 Å². The Labute approximate surface area is 108 Å². The first kappa shape index (κ1) is 14.7. The van der Waals surface area contributed by atoms with Gasteiger partial charge in [-0.05, 0) is 24.5 Å². The Morgan fingerprint density at radius 3 is 2.33 bits per heavy atom. The molecule has 0 spiro atoms. The lowest BCUT2D eigenvalue weighted by atomic mass is 10.1. The number of sulfonamides is 1. The summed E-state index contributed by atoms with van der Waals surface area (Å²) in [7, 11) is -3.65. The van der Waals surface area contributed by atoms with Gasteiger partial charge in [-0.2, -0.15) is 0 Å². The molecule has 18 heavy (non-hydrogen) atoms. The second-order valence-corrected chi connectivity index (χ2v) is 6.25. The van der Waals surface area contributed by atoms with Gasteiger partial charge in [-0.3, -0.25) is 5.41 Å². The molecule has 0 aromatic heterocycles. The highest BCUT2D eigenvalue weighted by Gasteiger charge is 2.25. The van der Waals surface area contributed by atoms with Gasteiger partial charge in [-0.25, -0.2) is 13.1 Å². The predicted molar refractivity (Wildman–Crippen MR) is 72.0 cm³/mol. The molecule has 0 aliphatic rings. The summed E-state index contributed by atoms with van der Waals surface area (Å²) < 4.78 is 26.9. The van der Waals surface area contributed by atoms with E-state index in [1.807, 2.05) is 13.8 Å². The van der Waals surface area contributed by atoms with E-state index in [1.165, 1.54) is 6.07 Å². The minimum Gasteiger partial charge on any atom is -0.386 e. The van der Waals surface area contributed by atoms with Gasteiger partial charge in [-0.1, -0.05) is 32.0 Å². The molecule has 0 aliphatic carbocycles. The van der Waals surface area contributed by atoms with Gasteiger partial charge in [0.25, 0.3) is 0 Å². The zero-order valence-corrected chi connectivity index (χ0v) is 11.6. The third-order valence-corrected chi connectivity index (χ3v) is 4.27. The summed E-state index contributed by atoms with van der Waals surface area (Å²) in [4.78, 5) is 0.219. The molecule has 1 rings (SSSR count). The summed E-state index contributed by atoms with van der Waals surface area (Å²) in [6.07, 6.45) is 0. The minimum atomic E-state index is -3.65. The number of aryl methyl sites for hydroxylation is 1. The smallest absolute Gasteiger partial charge is 0.241 e. The average molecular weight is 269 g/mol. The van der Waals surface area contributed by atoms with E-state index in [0.717, 1.165) is 0 Å². The molecule has 0 heterocycles. The predicted octanol–water partition coefficient (Wildman–Crippen LogP) is 1.23. The minimum absolute atomic E-state index is 0.0821. The molecule has 6 heteroatoms. The number of rotatable bonds is 5. The van der Waals surface area contributed by atoms with Crippen LogP contribution in [0, 0.1) is 18.3 Å². The maximum absolute atomic E-state index is 12.2. The summed E-state index contributed by atoms with van der Waals surface area (Å²) in [6.45, 7) is 5.35. The summed E-state index contributed by atoms with van der Waals surface area (Å²) in [5.74, 6) is -0.261. The summed E-state index contributed by atoms with van der Waals surface area (Å²) in [5.41, 5.74) is 6.08. The average Bonchev–Trinajstić information content (AvgIpc) is 2.25. The first-order valence-electron chi connectivity index (χ1n) is 5.67. The van der Waals surface area contributed by atoms with Crippen LogP contribution in [0.25, 0.3) is 0 Å². The van der Waals surface area contributed by atoms with E-state index in [9.17, 15) is 8.42 Å². The fraction of sp³-hybridized carbons (Fsp3) is 0.417. The van der Waals surface area contributed by atoms with Crippen LogP contribution >= 0.6 is 0 Å². The number of nitrogens with one attached hydrogen (secondary N) is 2. The molecule has 1 aromatic carbocycles. The van der Waals surface area contributed by atoms with Crippen molar-refractivity contribution in [3.05, 3.63) is 29.8 Å². The molecule has 0 saturated heterocycles. The molecule has 1 atom stereocenters. The van der Waals surface area contributed by atoms with Crippen LogP contribution in [0.1, 0.15) is 19.4 Å². The van der Waals surface area contributed by atoms with E-state index in [-0.39, 0.29) is 16.6 Å². The molecule has 100 valence electrons. The van der Waals surface area contributed by atoms with E-state index in [4.69, 9.17) is 11.1 Å². The highest BCUT2D eigenvalue weighted by Crippen LogP contribution is 2.15. The van der Waals surface area contributed by atoms with Crippen molar-refractivity contribution < 1.29 is 8.42 Å².